The van der Waals surface area contributed by atoms with Gasteiger partial charge >= 0.3 is 5.97 Å². The number of carbonyl (C=O) groups excluding carboxylic acids is 1. The van der Waals surface area contributed by atoms with Gasteiger partial charge in [0.2, 0.25) is 5.91 Å². The highest BCUT2D eigenvalue weighted by molar-refractivity contribution is 5.80. The van der Waals surface area contributed by atoms with Gasteiger partial charge in [0.25, 0.3) is 0 Å². The molecule has 7 heteroatoms. The number of aliphatic hydroxyl groups is 1. The fourth-order valence-corrected chi connectivity index (χ4v) is 3.44. The molecule has 0 bridgehead atoms. The minimum atomic E-state index is -0.975. The van der Waals surface area contributed by atoms with Crippen molar-refractivity contribution in [2.45, 2.75) is 50.3 Å². The van der Waals surface area contributed by atoms with Gasteiger partial charge in [0.1, 0.15) is 0 Å². The lowest BCUT2D eigenvalue weighted by molar-refractivity contribution is -0.143. The molecule has 0 aromatic heterocycles. The second kappa shape index (κ2) is 7.89. The summed E-state index contributed by atoms with van der Waals surface area (Å²) in [6.07, 6.45) is 1.87. The number of carboxylic acid groups (broad SMARTS) is 1. The number of nitrogens with zero attached hydrogens (tertiary/aromatic N) is 2. The Morgan fingerprint density at radius 3 is 2.55 bits per heavy atom. The van der Waals surface area contributed by atoms with Crippen LogP contribution in [-0.2, 0) is 14.3 Å². The van der Waals surface area contributed by atoms with Gasteiger partial charge in [-0.25, -0.2) is 0 Å². The lowest BCUT2D eigenvalue weighted by Crippen LogP contribution is -2.58. The summed E-state index contributed by atoms with van der Waals surface area (Å²) in [5.74, 6) is -1.19. The van der Waals surface area contributed by atoms with E-state index in [1.807, 2.05) is 0 Å². The van der Waals surface area contributed by atoms with E-state index in [1.54, 1.807) is 11.9 Å². The summed E-state index contributed by atoms with van der Waals surface area (Å²) < 4.78 is 5.35. The first-order valence-electron chi connectivity index (χ1n) is 7.98. The third kappa shape index (κ3) is 4.18. The molecule has 1 saturated carbocycles. The number of aliphatic carboxylic acids is 1. The Bertz CT molecular complexity index is 397. The first kappa shape index (κ1) is 17.2. The Morgan fingerprint density at radius 2 is 1.91 bits per heavy atom. The molecule has 7 nitrogen and oxygen atoms in total. The van der Waals surface area contributed by atoms with Crippen LogP contribution in [0, 0.1) is 0 Å². The van der Waals surface area contributed by atoms with E-state index < -0.39 is 12.1 Å². The maximum Gasteiger partial charge on any atom is 0.303 e. The number of aliphatic hydroxyl groups excluding tert-OH is 1. The molecule has 1 heterocycles. The second-order valence-electron chi connectivity index (χ2n) is 6.10. The fraction of sp³-hybridized carbons (Fsp3) is 0.867. The predicted octanol–water partition coefficient (Wildman–Crippen LogP) is -0.0762. The number of ether oxygens (including phenoxy) is 1. The molecule has 2 rings (SSSR count). The zero-order valence-electron chi connectivity index (χ0n) is 13.1. The highest BCUT2D eigenvalue weighted by atomic mass is 16.5. The normalized spacial score (nSPS) is 30.0. The van der Waals surface area contributed by atoms with Gasteiger partial charge in [-0.1, -0.05) is 0 Å². The van der Waals surface area contributed by atoms with Gasteiger partial charge in [-0.15, -0.1) is 0 Å². The summed E-state index contributed by atoms with van der Waals surface area (Å²) in [5, 5.41) is 19.4. The van der Waals surface area contributed by atoms with Gasteiger partial charge in [0, 0.05) is 32.6 Å². The third-order valence-corrected chi connectivity index (χ3v) is 4.75. The zero-order chi connectivity index (χ0) is 16.1. The van der Waals surface area contributed by atoms with Gasteiger partial charge in [0.15, 0.2) is 0 Å². The number of morpholine rings is 1. The molecule has 1 amide bonds. The average Bonchev–Trinajstić information content (AvgIpc) is 2.53. The highest BCUT2D eigenvalue weighted by Gasteiger charge is 2.38. The SMILES string of the molecule is CN(C(=O)CCC(=O)O)[C@@H]1CCC[C@@H](N2CCOCC2)[C@@H]1O. The van der Waals surface area contributed by atoms with Crippen molar-refractivity contribution in [3.8, 4) is 0 Å². The van der Waals surface area contributed by atoms with Crippen LogP contribution in [0.3, 0.4) is 0 Å². The van der Waals surface area contributed by atoms with E-state index in [2.05, 4.69) is 4.90 Å². The van der Waals surface area contributed by atoms with Crippen LogP contribution in [0.2, 0.25) is 0 Å². The number of rotatable bonds is 5. The van der Waals surface area contributed by atoms with E-state index >= 15 is 0 Å². The predicted molar refractivity (Wildman–Crippen MR) is 79.5 cm³/mol. The van der Waals surface area contributed by atoms with Crippen LogP contribution in [0.15, 0.2) is 0 Å². The molecule has 0 spiro atoms. The van der Waals surface area contributed by atoms with Gasteiger partial charge in [-0.05, 0) is 19.3 Å². The molecule has 1 saturated heterocycles. The molecule has 1 aliphatic carbocycles. The van der Waals surface area contributed by atoms with Crippen molar-refractivity contribution in [3.05, 3.63) is 0 Å². The van der Waals surface area contributed by atoms with Crippen molar-refractivity contribution in [3.63, 3.8) is 0 Å². The quantitative estimate of drug-likeness (QED) is 0.738. The van der Waals surface area contributed by atoms with E-state index in [0.717, 1.165) is 32.4 Å². The van der Waals surface area contributed by atoms with Crippen LogP contribution in [0.1, 0.15) is 32.1 Å². The van der Waals surface area contributed by atoms with Crippen molar-refractivity contribution >= 4 is 11.9 Å². The number of hydrogen-bond acceptors (Lipinski definition) is 5. The van der Waals surface area contributed by atoms with Crippen molar-refractivity contribution in [2.24, 2.45) is 0 Å². The average molecular weight is 314 g/mol. The van der Waals surface area contributed by atoms with E-state index in [-0.39, 0.29) is 30.8 Å². The van der Waals surface area contributed by atoms with E-state index in [9.17, 15) is 14.7 Å². The monoisotopic (exact) mass is 314 g/mol. The van der Waals surface area contributed by atoms with Crippen LogP contribution in [0.25, 0.3) is 0 Å². The first-order valence-corrected chi connectivity index (χ1v) is 7.98. The molecule has 3 atom stereocenters. The molecule has 2 N–H and O–H groups in total. The van der Waals surface area contributed by atoms with Crippen molar-refractivity contribution in [1.29, 1.82) is 0 Å². The summed E-state index contributed by atoms with van der Waals surface area (Å²) in [7, 11) is 1.67. The summed E-state index contributed by atoms with van der Waals surface area (Å²) in [6, 6.07) is -0.180. The number of carbonyl (C=O) groups is 2. The topological polar surface area (TPSA) is 90.3 Å². The molecule has 2 aliphatic rings. The Balaban J connectivity index is 1.94. The number of hydrogen-bond donors (Lipinski definition) is 2. The van der Waals surface area contributed by atoms with Crippen molar-refractivity contribution in [2.75, 3.05) is 33.4 Å². The highest BCUT2D eigenvalue weighted by Crippen LogP contribution is 2.27. The molecule has 126 valence electrons. The first-order chi connectivity index (χ1) is 10.5. The van der Waals surface area contributed by atoms with Crippen LogP contribution >= 0.6 is 0 Å². The summed E-state index contributed by atoms with van der Waals surface area (Å²) in [5.41, 5.74) is 0. The van der Waals surface area contributed by atoms with Gasteiger partial charge in [-0.2, -0.15) is 0 Å². The molecule has 0 aromatic rings. The summed E-state index contributed by atoms with van der Waals surface area (Å²) >= 11 is 0. The Kier molecular flexibility index (Phi) is 6.16. The van der Waals surface area contributed by atoms with E-state index in [4.69, 9.17) is 9.84 Å². The maximum absolute atomic E-state index is 12.1. The summed E-state index contributed by atoms with van der Waals surface area (Å²) in [6.45, 7) is 2.98. The standard InChI is InChI=1S/C15H26N2O5/c1-16(13(18)5-6-14(19)20)11-3-2-4-12(15(11)21)17-7-9-22-10-8-17/h11-12,15,21H,2-10H2,1H3,(H,19,20)/t11-,12-,15-/m1/s1. The van der Waals surface area contributed by atoms with Crippen LogP contribution in [0.5, 0.6) is 0 Å². The van der Waals surface area contributed by atoms with E-state index in [0.29, 0.717) is 13.2 Å². The minimum Gasteiger partial charge on any atom is -0.481 e. The lowest BCUT2D eigenvalue weighted by Gasteiger charge is -2.45. The molecular weight excluding hydrogens is 288 g/mol. The molecular formula is C15H26N2O5. The van der Waals surface area contributed by atoms with Crippen LogP contribution in [-0.4, -0.2) is 83.4 Å². The third-order valence-electron chi connectivity index (χ3n) is 4.75. The molecule has 0 aromatic carbocycles. The smallest absolute Gasteiger partial charge is 0.303 e. The molecule has 22 heavy (non-hydrogen) atoms. The van der Waals surface area contributed by atoms with Gasteiger partial charge in [0.05, 0.1) is 31.8 Å². The Hall–Kier alpha value is -1.18. The fourth-order valence-electron chi connectivity index (χ4n) is 3.44. The lowest BCUT2D eigenvalue weighted by atomic mass is 9.86. The van der Waals surface area contributed by atoms with Crippen molar-refractivity contribution < 1.29 is 24.5 Å². The number of carboxylic acids is 1. The molecule has 1 aliphatic heterocycles. The number of amides is 1. The van der Waals surface area contributed by atoms with E-state index in [1.165, 1.54) is 0 Å². The molecule has 0 unspecified atom stereocenters. The Labute approximate surface area is 130 Å². The molecule has 2 fully saturated rings. The largest absolute Gasteiger partial charge is 0.481 e. The second-order valence-corrected chi connectivity index (χ2v) is 6.10. The minimum absolute atomic E-state index is 0.0166. The zero-order valence-corrected chi connectivity index (χ0v) is 13.1. The Morgan fingerprint density at radius 1 is 1.23 bits per heavy atom. The number of likely N-dealkylation sites (N-methyl/N-ethyl adjacent to an activating group) is 1. The molecule has 0 radical (unpaired) electrons. The van der Waals surface area contributed by atoms with Crippen LogP contribution in [0.4, 0.5) is 0 Å². The van der Waals surface area contributed by atoms with Crippen LogP contribution < -0.4 is 0 Å². The maximum atomic E-state index is 12.1. The van der Waals surface area contributed by atoms with Crippen molar-refractivity contribution in [1.82, 2.24) is 9.80 Å². The summed E-state index contributed by atoms with van der Waals surface area (Å²) in [4.78, 5) is 26.5. The van der Waals surface area contributed by atoms with Gasteiger partial charge < -0.3 is 19.8 Å². The van der Waals surface area contributed by atoms with Gasteiger partial charge in [-0.3, -0.25) is 14.5 Å².